The number of likely N-dealkylation sites (tertiary alicyclic amines) is 1. The van der Waals surface area contributed by atoms with Gasteiger partial charge in [-0.3, -0.25) is 4.90 Å². The van der Waals surface area contributed by atoms with Crippen LogP contribution in [-0.2, 0) is 0 Å². The van der Waals surface area contributed by atoms with Crippen molar-refractivity contribution >= 4 is 5.69 Å². The number of aryl methyl sites for hydroxylation is 1. The summed E-state index contributed by atoms with van der Waals surface area (Å²) < 4.78 is 0. The summed E-state index contributed by atoms with van der Waals surface area (Å²) in [7, 11) is 2.25. The van der Waals surface area contributed by atoms with Crippen LogP contribution in [0.15, 0.2) is 18.2 Å². The van der Waals surface area contributed by atoms with Gasteiger partial charge in [-0.2, -0.15) is 0 Å². The average molecular weight is 273 g/mol. The first-order valence-corrected chi connectivity index (χ1v) is 7.95. The van der Waals surface area contributed by atoms with Gasteiger partial charge in [0.15, 0.2) is 0 Å². The van der Waals surface area contributed by atoms with Crippen molar-refractivity contribution in [2.24, 2.45) is 11.7 Å². The lowest BCUT2D eigenvalue weighted by Crippen LogP contribution is -2.24. The Balaban J connectivity index is 1.93. The molecule has 2 N–H and O–H groups in total. The molecule has 2 fully saturated rings. The molecule has 1 aromatic rings. The lowest BCUT2D eigenvalue weighted by atomic mass is 9.96. The predicted octanol–water partition coefficient (Wildman–Crippen LogP) is 2.55. The highest BCUT2D eigenvalue weighted by atomic mass is 15.2. The van der Waals surface area contributed by atoms with Crippen LogP contribution in [0.25, 0.3) is 0 Å². The van der Waals surface area contributed by atoms with Crippen LogP contribution in [0.4, 0.5) is 5.69 Å². The molecule has 2 unspecified atom stereocenters. The zero-order chi connectivity index (χ0) is 14.1. The molecule has 0 aliphatic carbocycles. The van der Waals surface area contributed by atoms with Crippen LogP contribution >= 0.6 is 0 Å². The van der Waals surface area contributed by atoms with Crippen LogP contribution in [0.1, 0.15) is 36.4 Å². The van der Waals surface area contributed by atoms with E-state index in [9.17, 15) is 0 Å². The van der Waals surface area contributed by atoms with Crippen LogP contribution in [-0.4, -0.2) is 38.1 Å². The molecular formula is C17H27N3. The van der Waals surface area contributed by atoms with Gasteiger partial charge in [-0.15, -0.1) is 0 Å². The fourth-order valence-corrected chi connectivity index (χ4v) is 3.83. The molecule has 1 aromatic carbocycles. The molecule has 3 heteroatoms. The van der Waals surface area contributed by atoms with Crippen LogP contribution in [0.5, 0.6) is 0 Å². The van der Waals surface area contributed by atoms with Gasteiger partial charge in [0.05, 0.1) is 0 Å². The first-order chi connectivity index (χ1) is 9.69. The number of anilines is 1. The maximum atomic E-state index is 5.89. The van der Waals surface area contributed by atoms with Crippen molar-refractivity contribution in [1.29, 1.82) is 0 Å². The first kappa shape index (κ1) is 13.9. The smallest absolute Gasteiger partial charge is 0.0414 e. The summed E-state index contributed by atoms with van der Waals surface area (Å²) in [6, 6.07) is 7.53. The summed E-state index contributed by atoms with van der Waals surface area (Å²) in [6.45, 7) is 6.58. The Morgan fingerprint density at radius 3 is 2.65 bits per heavy atom. The Bertz CT molecular complexity index is 465. The highest BCUT2D eigenvalue weighted by molar-refractivity contribution is 5.57. The molecule has 2 saturated heterocycles. The van der Waals surface area contributed by atoms with Crippen molar-refractivity contribution in [2.45, 2.75) is 32.2 Å². The summed E-state index contributed by atoms with van der Waals surface area (Å²) in [6.07, 6.45) is 3.87. The Hall–Kier alpha value is -1.06. The van der Waals surface area contributed by atoms with E-state index in [0.717, 1.165) is 13.1 Å². The summed E-state index contributed by atoms with van der Waals surface area (Å²) in [5.41, 5.74) is 10.2. The topological polar surface area (TPSA) is 32.5 Å². The van der Waals surface area contributed by atoms with Crippen molar-refractivity contribution in [3.05, 3.63) is 29.3 Å². The van der Waals surface area contributed by atoms with E-state index < -0.39 is 0 Å². The van der Waals surface area contributed by atoms with Gasteiger partial charge in [-0.05, 0) is 57.3 Å². The summed E-state index contributed by atoms with van der Waals surface area (Å²) >= 11 is 0. The quantitative estimate of drug-likeness (QED) is 0.918. The van der Waals surface area contributed by atoms with Gasteiger partial charge in [0.2, 0.25) is 0 Å². The van der Waals surface area contributed by atoms with E-state index in [-0.39, 0.29) is 0 Å². The van der Waals surface area contributed by atoms with E-state index in [4.69, 9.17) is 5.73 Å². The number of hydrogen-bond acceptors (Lipinski definition) is 3. The second-order valence-electron chi connectivity index (χ2n) is 6.55. The van der Waals surface area contributed by atoms with Gasteiger partial charge >= 0.3 is 0 Å². The fourth-order valence-electron chi connectivity index (χ4n) is 3.83. The molecule has 0 saturated carbocycles. The van der Waals surface area contributed by atoms with Gasteiger partial charge in [0.1, 0.15) is 0 Å². The number of nitrogens with two attached hydrogens (primary N) is 1. The van der Waals surface area contributed by atoms with Gasteiger partial charge in [-0.1, -0.05) is 17.7 Å². The van der Waals surface area contributed by atoms with Crippen LogP contribution < -0.4 is 10.6 Å². The summed E-state index contributed by atoms with van der Waals surface area (Å²) in [4.78, 5) is 5.06. The largest absolute Gasteiger partial charge is 0.371 e. The fraction of sp³-hybridized carbons (Fsp3) is 0.647. The molecule has 2 aliphatic heterocycles. The van der Waals surface area contributed by atoms with Crippen LogP contribution in [0.2, 0.25) is 0 Å². The predicted molar refractivity (Wildman–Crippen MR) is 85.2 cm³/mol. The normalized spacial score (nSPS) is 27.4. The number of benzene rings is 1. The highest BCUT2D eigenvalue weighted by Gasteiger charge is 2.32. The van der Waals surface area contributed by atoms with E-state index in [2.05, 4.69) is 42.0 Å². The minimum atomic E-state index is 0.541. The zero-order valence-corrected chi connectivity index (χ0v) is 12.8. The van der Waals surface area contributed by atoms with Crippen molar-refractivity contribution in [2.75, 3.05) is 38.1 Å². The third-order valence-corrected chi connectivity index (χ3v) is 4.96. The lowest BCUT2D eigenvalue weighted by Gasteiger charge is -2.28. The van der Waals surface area contributed by atoms with Crippen LogP contribution in [0.3, 0.4) is 0 Å². The monoisotopic (exact) mass is 273 g/mol. The molecule has 0 bridgehead atoms. The zero-order valence-electron chi connectivity index (χ0n) is 12.8. The van der Waals surface area contributed by atoms with Gasteiger partial charge in [0.25, 0.3) is 0 Å². The standard InChI is InChI=1S/C17H27N3/c1-13-5-6-16(20-7-3-4-8-20)15(9-13)17-10-14(11-18)12-19(17)2/h5-6,9,14,17H,3-4,7-8,10-12,18H2,1-2H3. The molecule has 0 spiro atoms. The third kappa shape index (κ3) is 2.57. The number of nitrogens with zero attached hydrogens (tertiary/aromatic N) is 2. The number of hydrogen-bond donors (Lipinski definition) is 1. The van der Waals surface area contributed by atoms with Crippen molar-refractivity contribution in [1.82, 2.24) is 4.90 Å². The van der Waals surface area contributed by atoms with Crippen molar-refractivity contribution < 1.29 is 0 Å². The van der Waals surface area contributed by atoms with E-state index in [1.165, 1.54) is 49.2 Å². The van der Waals surface area contributed by atoms with Gasteiger partial charge in [0, 0.05) is 31.4 Å². The third-order valence-electron chi connectivity index (χ3n) is 4.96. The molecule has 110 valence electrons. The molecule has 2 aliphatic rings. The van der Waals surface area contributed by atoms with E-state index >= 15 is 0 Å². The molecule has 0 aromatic heterocycles. The molecule has 3 rings (SSSR count). The molecular weight excluding hydrogens is 246 g/mol. The van der Waals surface area contributed by atoms with E-state index in [1.54, 1.807) is 0 Å². The molecule has 2 heterocycles. The number of rotatable bonds is 3. The first-order valence-electron chi connectivity index (χ1n) is 7.95. The molecule has 0 radical (unpaired) electrons. The Morgan fingerprint density at radius 2 is 2.00 bits per heavy atom. The van der Waals surface area contributed by atoms with E-state index in [0.29, 0.717) is 12.0 Å². The van der Waals surface area contributed by atoms with Gasteiger partial charge < -0.3 is 10.6 Å². The highest BCUT2D eigenvalue weighted by Crippen LogP contribution is 2.39. The molecule has 3 nitrogen and oxygen atoms in total. The SMILES string of the molecule is Cc1ccc(N2CCCC2)c(C2CC(CN)CN2C)c1. The second kappa shape index (κ2) is 5.74. The van der Waals surface area contributed by atoms with Crippen molar-refractivity contribution in [3.8, 4) is 0 Å². The minimum Gasteiger partial charge on any atom is -0.371 e. The maximum absolute atomic E-state index is 5.89. The average Bonchev–Trinajstić information content (AvgIpc) is 3.07. The molecule has 2 atom stereocenters. The van der Waals surface area contributed by atoms with Crippen LogP contribution in [0, 0.1) is 12.8 Å². The van der Waals surface area contributed by atoms with Crippen molar-refractivity contribution in [3.63, 3.8) is 0 Å². The molecule has 0 amide bonds. The lowest BCUT2D eigenvalue weighted by molar-refractivity contribution is 0.314. The minimum absolute atomic E-state index is 0.541. The second-order valence-corrected chi connectivity index (χ2v) is 6.55. The van der Waals surface area contributed by atoms with E-state index in [1.807, 2.05) is 0 Å². The van der Waals surface area contributed by atoms with Gasteiger partial charge in [-0.25, -0.2) is 0 Å². The molecule has 20 heavy (non-hydrogen) atoms. The Morgan fingerprint density at radius 1 is 1.25 bits per heavy atom. The summed E-state index contributed by atoms with van der Waals surface area (Å²) in [5.74, 6) is 0.650. The maximum Gasteiger partial charge on any atom is 0.0414 e. The Kier molecular flexibility index (Phi) is 3.99. The summed E-state index contributed by atoms with van der Waals surface area (Å²) in [5, 5.41) is 0. The Labute approximate surface area is 122 Å².